The fourth-order valence-electron chi connectivity index (χ4n) is 0.778. The molecule has 0 aromatic rings. The second-order valence-corrected chi connectivity index (χ2v) is 5.36. The highest BCUT2D eigenvalue weighted by Crippen LogP contribution is 2.57. The molecule has 1 unspecified atom stereocenters. The van der Waals surface area contributed by atoms with Crippen LogP contribution in [0, 0.1) is 0 Å². The van der Waals surface area contributed by atoms with Crippen molar-refractivity contribution in [1.29, 1.82) is 0 Å². The van der Waals surface area contributed by atoms with Gasteiger partial charge in [0.2, 0.25) is 0 Å². The third-order valence-corrected chi connectivity index (χ3v) is 3.64. The molecule has 0 radical (unpaired) electrons. The molecule has 0 fully saturated rings. The largest absolute Gasteiger partial charge is 0.437 e. The molecule has 0 heterocycles. The van der Waals surface area contributed by atoms with Crippen LogP contribution in [-0.4, -0.2) is 51.3 Å². The summed E-state index contributed by atoms with van der Waals surface area (Å²) in [5.41, 5.74) is 0. The summed E-state index contributed by atoms with van der Waals surface area (Å²) in [6.45, 7) is 0. The van der Waals surface area contributed by atoms with E-state index >= 15 is 0 Å². The van der Waals surface area contributed by atoms with E-state index in [9.17, 15) is 22.5 Å². The van der Waals surface area contributed by atoms with Gasteiger partial charge in [0.1, 0.15) is 0 Å². The van der Waals surface area contributed by atoms with E-state index in [1.807, 2.05) is 0 Å². The van der Waals surface area contributed by atoms with Crippen molar-refractivity contribution in [2.45, 2.75) is 12.0 Å². The maximum Gasteiger partial charge on any atom is 0.437 e. The third-order valence-electron chi connectivity index (χ3n) is 1.65. The highest BCUT2D eigenvalue weighted by Gasteiger charge is 2.56. The van der Waals surface area contributed by atoms with E-state index in [4.69, 9.17) is 0 Å². The Balaban J connectivity index is 5.17. The molecular formula is C7H13F3NO5P. The van der Waals surface area contributed by atoms with Crippen molar-refractivity contribution in [3.05, 3.63) is 0 Å². The van der Waals surface area contributed by atoms with Crippen LogP contribution >= 0.6 is 7.60 Å². The Kier molecular flexibility index (Phi) is 5.44. The number of nitrogens with zero attached hydrogens (tertiary/aromatic N) is 1. The molecule has 1 amide bonds. The summed E-state index contributed by atoms with van der Waals surface area (Å²) in [7, 11) is -0.699. The van der Waals surface area contributed by atoms with E-state index in [0.717, 1.165) is 19.1 Å². The monoisotopic (exact) mass is 279 g/mol. The van der Waals surface area contributed by atoms with E-state index in [0.29, 0.717) is 0 Å². The van der Waals surface area contributed by atoms with Crippen molar-refractivity contribution in [3.8, 4) is 0 Å². The molecule has 0 aliphatic heterocycles. The van der Waals surface area contributed by atoms with Gasteiger partial charge in [0, 0.05) is 28.3 Å². The lowest BCUT2D eigenvalue weighted by atomic mass is 10.7. The van der Waals surface area contributed by atoms with Crippen LogP contribution in [0.15, 0.2) is 0 Å². The molecule has 17 heavy (non-hydrogen) atoms. The molecular weight excluding hydrogens is 266 g/mol. The molecule has 0 aromatic carbocycles. The molecule has 1 atom stereocenters. The van der Waals surface area contributed by atoms with Gasteiger partial charge in [-0.15, -0.1) is 0 Å². The summed E-state index contributed by atoms with van der Waals surface area (Å²) in [5.74, 6) is -2.96. The Morgan fingerprint density at radius 3 is 1.88 bits per heavy atom. The van der Waals surface area contributed by atoms with E-state index in [1.165, 1.54) is 14.1 Å². The molecule has 6 nitrogen and oxygen atoms in total. The highest BCUT2D eigenvalue weighted by molar-refractivity contribution is 7.54. The van der Waals surface area contributed by atoms with Crippen molar-refractivity contribution in [2.24, 2.45) is 0 Å². The van der Waals surface area contributed by atoms with Crippen molar-refractivity contribution < 1.29 is 36.3 Å². The normalized spacial score (nSPS) is 14.3. The molecule has 0 spiro atoms. The Morgan fingerprint density at radius 2 is 1.65 bits per heavy atom. The van der Waals surface area contributed by atoms with E-state index in [2.05, 4.69) is 13.8 Å². The predicted molar refractivity (Wildman–Crippen MR) is 51.6 cm³/mol. The summed E-state index contributed by atoms with van der Waals surface area (Å²) < 4.78 is 61.8. The third kappa shape index (κ3) is 4.18. The lowest BCUT2D eigenvalue weighted by molar-refractivity contribution is -0.184. The van der Waals surface area contributed by atoms with Gasteiger partial charge in [0.05, 0.1) is 0 Å². The van der Waals surface area contributed by atoms with Crippen molar-refractivity contribution in [2.75, 3.05) is 28.3 Å². The smallest absolute Gasteiger partial charge is 0.423 e. The molecule has 0 bridgehead atoms. The Hall–Kier alpha value is -0.790. The SMILES string of the molecule is COP(=O)(OC)C(OC(=O)N(C)C)C(F)(F)F. The van der Waals surface area contributed by atoms with Gasteiger partial charge >= 0.3 is 19.9 Å². The Morgan fingerprint density at radius 1 is 1.24 bits per heavy atom. The van der Waals surface area contributed by atoms with Gasteiger partial charge in [-0.3, -0.25) is 4.57 Å². The van der Waals surface area contributed by atoms with Crippen molar-refractivity contribution >= 4 is 13.7 Å². The first-order chi connectivity index (χ1) is 7.58. The number of hydrogen-bond acceptors (Lipinski definition) is 5. The number of halogens is 3. The molecule has 102 valence electrons. The lowest BCUT2D eigenvalue weighted by Crippen LogP contribution is -2.37. The van der Waals surface area contributed by atoms with Gasteiger partial charge in [0.25, 0.3) is 5.85 Å². The van der Waals surface area contributed by atoms with Crippen LogP contribution in [0.4, 0.5) is 18.0 Å². The van der Waals surface area contributed by atoms with Crippen molar-refractivity contribution in [1.82, 2.24) is 4.90 Å². The van der Waals surface area contributed by atoms with Crippen LogP contribution in [0.5, 0.6) is 0 Å². The quantitative estimate of drug-likeness (QED) is 0.737. The van der Waals surface area contributed by atoms with E-state index in [1.54, 1.807) is 0 Å². The zero-order valence-corrected chi connectivity index (χ0v) is 10.5. The maximum atomic E-state index is 12.6. The number of amides is 1. The highest BCUT2D eigenvalue weighted by atomic mass is 31.2. The molecule has 0 aromatic heterocycles. The van der Waals surface area contributed by atoms with Crippen molar-refractivity contribution in [3.63, 3.8) is 0 Å². The molecule has 0 aliphatic rings. The summed E-state index contributed by atoms with van der Waals surface area (Å²) in [6, 6.07) is 0. The first-order valence-corrected chi connectivity index (χ1v) is 5.85. The first-order valence-electron chi connectivity index (χ1n) is 4.24. The zero-order valence-electron chi connectivity index (χ0n) is 9.65. The second kappa shape index (κ2) is 5.70. The van der Waals surface area contributed by atoms with Gasteiger partial charge in [0.15, 0.2) is 0 Å². The van der Waals surface area contributed by atoms with E-state index < -0.39 is 25.7 Å². The summed E-state index contributed by atoms with van der Waals surface area (Å²) in [5, 5.41) is 0. The summed E-state index contributed by atoms with van der Waals surface area (Å²) in [4.78, 5) is 11.8. The molecule has 0 saturated carbocycles. The number of carbonyl (C=O) groups excluding carboxylic acids is 1. The lowest BCUT2D eigenvalue weighted by Gasteiger charge is -2.26. The number of carbonyl (C=O) groups is 1. The average Bonchev–Trinajstić information content (AvgIpc) is 2.22. The predicted octanol–water partition coefficient (Wildman–Crippen LogP) is 2.06. The van der Waals surface area contributed by atoms with Crippen LogP contribution in [-0.2, 0) is 18.3 Å². The van der Waals surface area contributed by atoms with E-state index in [-0.39, 0.29) is 0 Å². The molecule has 0 N–H and O–H groups in total. The Bertz CT molecular complexity index is 311. The Labute approximate surface area is 96.2 Å². The molecule has 0 rings (SSSR count). The zero-order chi connectivity index (χ0) is 13.9. The van der Waals surface area contributed by atoms with Gasteiger partial charge in [-0.1, -0.05) is 0 Å². The minimum absolute atomic E-state index is 0.758. The summed E-state index contributed by atoms with van der Waals surface area (Å²) in [6.07, 6.45) is -6.37. The first kappa shape index (κ1) is 16.2. The van der Waals surface area contributed by atoms with Gasteiger partial charge in [-0.25, -0.2) is 4.79 Å². The molecule has 0 saturated heterocycles. The van der Waals surface area contributed by atoms with Crippen LogP contribution in [0.2, 0.25) is 0 Å². The van der Waals surface area contributed by atoms with Crippen LogP contribution in [0.25, 0.3) is 0 Å². The summed E-state index contributed by atoms with van der Waals surface area (Å²) >= 11 is 0. The minimum Gasteiger partial charge on any atom is -0.423 e. The fourth-order valence-corrected chi connectivity index (χ4v) is 1.89. The number of alkyl halides is 3. The number of rotatable bonds is 4. The van der Waals surface area contributed by atoms with Crippen LogP contribution in [0.1, 0.15) is 0 Å². The van der Waals surface area contributed by atoms with Gasteiger partial charge in [-0.2, -0.15) is 13.2 Å². The fraction of sp³-hybridized carbons (Fsp3) is 0.857. The maximum absolute atomic E-state index is 12.6. The number of hydrogen-bond donors (Lipinski definition) is 0. The van der Waals surface area contributed by atoms with Crippen LogP contribution < -0.4 is 0 Å². The second-order valence-electron chi connectivity index (χ2n) is 3.08. The van der Waals surface area contributed by atoms with Gasteiger partial charge < -0.3 is 18.7 Å². The average molecular weight is 279 g/mol. The minimum atomic E-state index is -5.06. The molecule has 10 heteroatoms. The van der Waals surface area contributed by atoms with Gasteiger partial charge in [-0.05, 0) is 0 Å². The van der Waals surface area contributed by atoms with Crippen LogP contribution in [0.3, 0.4) is 0 Å². The topological polar surface area (TPSA) is 65.1 Å². The standard InChI is InChI=1S/C7H13F3NO5P/c1-11(2)6(12)16-5(7(8,9)10)17(13,14-3)15-4/h5H,1-4H3. The number of ether oxygens (including phenoxy) is 1. The molecule has 0 aliphatic carbocycles.